The second-order valence-electron chi connectivity index (χ2n) is 4.04. The lowest BCUT2D eigenvalue weighted by molar-refractivity contribution is -0.878. The van der Waals surface area contributed by atoms with E-state index in [1.165, 1.54) is 17.7 Å². The van der Waals surface area contributed by atoms with Crippen molar-refractivity contribution in [1.29, 1.82) is 0 Å². The number of hydrogen-bond donors (Lipinski definition) is 1. The van der Waals surface area contributed by atoms with Crippen LogP contribution in [-0.2, 0) is 0 Å². The first-order chi connectivity index (χ1) is 7.27. The molecular formula is C12H15BrNO+. The Morgan fingerprint density at radius 1 is 1.27 bits per heavy atom. The van der Waals surface area contributed by atoms with Gasteiger partial charge < -0.3 is 4.90 Å². The van der Waals surface area contributed by atoms with E-state index < -0.39 is 0 Å². The van der Waals surface area contributed by atoms with Gasteiger partial charge in [0.05, 0.1) is 13.1 Å². The molecule has 0 bridgehead atoms. The predicted molar refractivity (Wildman–Crippen MR) is 63.3 cm³/mol. The van der Waals surface area contributed by atoms with Crippen LogP contribution in [0.15, 0.2) is 28.7 Å². The summed E-state index contributed by atoms with van der Waals surface area (Å²) in [5, 5.41) is 0. The van der Waals surface area contributed by atoms with Gasteiger partial charge in [-0.1, -0.05) is 34.1 Å². The Kier molecular flexibility index (Phi) is 3.54. The van der Waals surface area contributed by atoms with Crippen molar-refractivity contribution in [2.45, 2.75) is 12.8 Å². The number of hydrogen-bond acceptors (Lipinski definition) is 1. The average molecular weight is 269 g/mol. The summed E-state index contributed by atoms with van der Waals surface area (Å²) in [5.41, 5.74) is 0.817. The molecule has 15 heavy (non-hydrogen) atoms. The molecule has 2 nitrogen and oxygen atoms in total. The number of nitrogens with one attached hydrogen (secondary N) is 1. The van der Waals surface area contributed by atoms with E-state index in [2.05, 4.69) is 15.9 Å². The Balaban J connectivity index is 2.04. The highest BCUT2D eigenvalue weighted by atomic mass is 79.9. The summed E-state index contributed by atoms with van der Waals surface area (Å²) in [6.07, 6.45) is 2.52. The van der Waals surface area contributed by atoms with Crippen molar-refractivity contribution in [3.8, 4) is 0 Å². The smallest absolute Gasteiger partial charge is 0.217 e. The average Bonchev–Trinajstić information content (AvgIpc) is 2.71. The summed E-state index contributed by atoms with van der Waals surface area (Å²) in [6, 6.07) is 7.66. The van der Waals surface area contributed by atoms with Crippen molar-refractivity contribution in [2.24, 2.45) is 0 Å². The number of quaternary nitrogens is 1. The van der Waals surface area contributed by atoms with Crippen LogP contribution in [0.1, 0.15) is 23.2 Å². The van der Waals surface area contributed by atoms with Gasteiger partial charge in [0.25, 0.3) is 0 Å². The summed E-state index contributed by atoms with van der Waals surface area (Å²) in [4.78, 5) is 13.4. The highest BCUT2D eigenvalue weighted by molar-refractivity contribution is 9.10. The van der Waals surface area contributed by atoms with Gasteiger partial charge in [-0.3, -0.25) is 4.79 Å². The predicted octanol–water partition coefficient (Wildman–Crippen LogP) is 1.31. The third kappa shape index (κ3) is 2.67. The molecule has 1 aliphatic heterocycles. The maximum atomic E-state index is 12.0. The molecule has 80 valence electrons. The van der Waals surface area contributed by atoms with E-state index in [9.17, 15) is 4.79 Å². The lowest BCUT2D eigenvalue weighted by Crippen LogP contribution is -3.10. The molecule has 0 atom stereocenters. The van der Waals surface area contributed by atoms with Crippen molar-refractivity contribution in [1.82, 2.24) is 0 Å². The molecule has 1 heterocycles. The van der Waals surface area contributed by atoms with Crippen LogP contribution in [0.4, 0.5) is 0 Å². The van der Waals surface area contributed by atoms with Crippen LogP contribution in [0.25, 0.3) is 0 Å². The van der Waals surface area contributed by atoms with E-state index in [1.54, 1.807) is 0 Å². The summed E-state index contributed by atoms with van der Waals surface area (Å²) >= 11 is 3.42. The zero-order chi connectivity index (χ0) is 10.7. The number of carbonyl (C=O) groups is 1. The highest BCUT2D eigenvalue weighted by Gasteiger charge is 2.20. The molecule has 0 radical (unpaired) electrons. The second-order valence-corrected chi connectivity index (χ2v) is 4.89. The Bertz CT molecular complexity index is 358. The van der Waals surface area contributed by atoms with Gasteiger partial charge in [0.1, 0.15) is 6.54 Å². The van der Waals surface area contributed by atoms with E-state index in [4.69, 9.17) is 0 Å². The first kappa shape index (κ1) is 10.8. The molecule has 3 heteroatoms. The van der Waals surface area contributed by atoms with E-state index in [1.807, 2.05) is 24.3 Å². The number of Topliss-reactive ketones (excluding diaryl/α,β-unsaturated/α-hetero) is 1. The lowest BCUT2D eigenvalue weighted by atomic mass is 10.1. The van der Waals surface area contributed by atoms with Crippen LogP contribution in [0, 0.1) is 0 Å². The Morgan fingerprint density at radius 2 is 1.93 bits per heavy atom. The molecule has 2 rings (SSSR count). The molecule has 1 saturated heterocycles. The number of likely N-dealkylation sites (tertiary alicyclic amines) is 1. The minimum absolute atomic E-state index is 0.249. The molecule has 1 N–H and O–H groups in total. The maximum Gasteiger partial charge on any atom is 0.217 e. The summed E-state index contributed by atoms with van der Waals surface area (Å²) < 4.78 is 0.911. The van der Waals surface area contributed by atoms with Crippen LogP contribution in [-0.4, -0.2) is 25.4 Å². The molecule has 1 aromatic rings. The van der Waals surface area contributed by atoms with Gasteiger partial charge in [-0.25, -0.2) is 0 Å². The molecular weight excluding hydrogens is 254 g/mol. The van der Waals surface area contributed by atoms with Gasteiger partial charge in [0.15, 0.2) is 0 Å². The molecule has 1 aromatic carbocycles. The molecule has 0 aliphatic carbocycles. The minimum atomic E-state index is 0.249. The molecule has 0 unspecified atom stereocenters. The topological polar surface area (TPSA) is 21.5 Å². The largest absolute Gasteiger partial charge is 0.328 e. The van der Waals surface area contributed by atoms with Gasteiger partial charge in [-0.05, 0) is 6.07 Å². The van der Waals surface area contributed by atoms with E-state index >= 15 is 0 Å². The fraction of sp³-hybridized carbons (Fsp3) is 0.417. The standard InChI is InChI=1S/C12H14BrNO/c13-11-6-2-1-5-10(11)12(15)9-14-7-3-4-8-14/h1-2,5-6H,3-4,7-9H2/p+1. The van der Waals surface area contributed by atoms with Gasteiger partial charge in [-0.2, -0.15) is 0 Å². The van der Waals surface area contributed by atoms with Crippen molar-refractivity contribution in [3.05, 3.63) is 34.3 Å². The number of carbonyl (C=O) groups excluding carboxylic acids is 1. The second kappa shape index (κ2) is 4.90. The Morgan fingerprint density at radius 3 is 2.60 bits per heavy atom. The normalized spacial score (nSPS) is 16.9. The first-order valence-electron chi connectivity index (χ1n) is 5.38. The SMILES string of the molecule is O=C(C[NH+]1CCCC1)c1ccccc1Br. The zero-order valence-corrected chi connectivity index (χ0v) is 10.2. The molecule has 0 spiro atoms. The van der Waals surface area contributed by atoms with Crippen LogP contribution in [0.5, 0.6) is 0 Å². The van der Waals surface area contributed by atoms with E-state index in [0.717, 1.165) is 23.1 Å². The summed E-state index contributed by atoms with van der Waals surface area (Å²) in [5.74, 6) is 0.249. The molecule has 1 aliphatic rings. The quantitative estimate of drug-likeness (QED) is 0.821. The lowest BCUT2D eigenvalue weighted by Gasteiger charge is -2.11. The molecule has 0 amide bonds. The van der Waals surface area contributed by atoms with Crippen LogP contribution in [0.2, 0.25) is 0 Å². The van der Waals surface area contributed by atoms with Crippen LogP contribution in [0.3, 0.4) is 0 Å². The molecule has 1 fully saturated rings. The van der Waals surface area contributed by atoms with Gasteiger partial charge in [0.2, 0.25) is 5.78 Å². The fourth-order valence-corrected chi connectivity index (χ4v) is 2.57. The highest BCUT2D eigenvalue weighted by Crippen LogP contribution is 2.15. The summed E-state index contributed by atoms with van der Waals surface area (Å²) in [6.45, 7) is 2.94. The molecule has 0 aromatic heterocycles. The Labute approximate surface area is 98.4 Å². The third-order valence-corrected chi connectivity index (χ3v) is 3.59. The monoisotopic (exact) mass is 268 g/mol. The van der Waals surface area contributed by atoms with Crippen LogP contribution >= 0.6 is 15.9 Å². The number of ketones is 1. The first-order valence-corrected chi connectivity index (χ1v) is 6.18. The Hall–Kier alpha value is -0.670. The fourth-order valence-electron chi connectivity index (χ4n) is 2.06. The summed E-state index contributed by atoms with van der Waals surface area (Å²) in [7, 11) is 0. The van der Waals surface area contributed by atoms with Crippen molar-refractivity contribution >= 4 is 21.7 Å². The van der Waals surface area contributed by atoms with Crippen molar-refractivity contribution in [3.63, 3.8) is 0 Å². The van der Waals surface area contributed by atoms with Gasteiger partial charge >= 0.3 is 0 Å². The van der Waals surface area contributed by atoms with Crippen molar-refractivity contribution in [2.75, 3.05) is 19.6 Å². The van der Waals surface area contributed by atoms with Crippen LogP contribution < -0.4 is 4.90 Å². The van der Waals surface area contributed by atoms with Crippen molar-refractivity contribution < 1.29 is 9.69 Å². The van der Waals surface area contributed by atoms with E-state index in [-0.39, 0.29) is 5.78 Å². The number of halogens is 1. The van der Waals surface area contributed by atoms with E-state index in [0.29, 0.717) is 6.54 Å². The van der Waals surface area contributed by atoms with Gasteiger partial charge in [-0.15, -0.1) is 0 Å². The maximum absolute atomic E-state index is 12.0. The third-order valence-electron chi connectivity index (χ3n) is 2.90. The van der Waals surface area contributed by atoms with Gasteiger partial charge in [0, 0.05) is 22.9 Å². The number of benzene rings is 1. The minimum Gasteiger partial charge on any atom is -0.328 e. The number of rotatable bonds is 3. The zero-order valence-electron chi connectivity index (χ0n) is 8.63. The molecule has 0 saturated carbocycles.